The zero-order chi connectivity index (χ0) is 14.8. The highest BCUT2D eigenvalue weighted by atomic mass is 19.1. The minimum absolute atomic E-state index is 0.0307. The van der Waals surface area contributed by atoms with E-state index in [1.54, 1.807) is 23.7 Å². The molecule has 1 aromatic carbocycles. The first-order valence-electron chi connectivity index (χ1n) is 6.81. The maximum Gasteiger partial charge on any atom is 0.243 e. The van der Waals surface area contributed by atoms with Gasteiger partial charge in [-0.15, -0.1) is 0 Å². The summed E-state index contributed by atoms with van der Waals surface area (Å²) in [4.78, 5) is 22.4. The van der Waals surface area contributed by atoms with Crippen molar-refractivity contribution in [3.05, 3.63) is 35.6 Å². The van der Waals surface area contributed by atoms with Crippen molar-refractivity contribution in [1.82, 2.24) is 5.48 Å². The number of hydrogen-bond donors (Lipinski definition) is 2. The van der Waals surface area contributed by atoms with Crippen LogP contribution in [0, 0.1) is 5.82 Å². The van der Waals surface area contributed by atoms with Gasteiger partial charge in [-0.3, -0.25) is 14.8 Å². The van der Waals surface area contributed by atoms with Gasteiger partial charge in [-0.2, -0.15) is 0 Å². The van der Waals surface area contributed by atoms with E-state index in [4.69, 9.17) is 5.21 Å². The Morgan fingerprint density at radius 3 is 2.35 bits per heavy atom. The number of carbonyl (C=O) groups is 2. The fourth-order valence-electron chi connectivity index (χ4n) is 1.96. The fourth-order valence-corrected chi connectivity index (χ4v) is 1.96. The Kier molecular flexibility index (Phi) is 7.50. The summed E-state index contributed by atoms with van der Waals surface area (Å²) in [6.07, 6.45) is 3.98. The van der Waals surface area contributed by atoms with Gasteiger partial charge in [0, 0.05) is 19.3 Å². The van der Waals surface area contributed by atoms with Gasteiger partial charge in [0.15, 0.2) is 0 Å². The number of hydrogen-bond acceptors (Lipinski definition) is 3. The van der Waals surface area contributed by atoms with Gasteiger partial charge in [-0.25, -0.2) is 9.87 Å². The van der Waals surface area contributed by atoms with Crippen LogP contribution in [0.1, 0.15) is 44.1 Å². The predicted octanol–water partition coefficient (Wildman–Crippen LogP) is 2.78. The number of halogens is 1. The highest BCUT2D eigenvalue weighted by Crippen LogP contribution is 2.11. The molecule has 0 aliphatic carbocycles. The number of rotatable bonds is 9. The maximum atomic E-state index is 13.3. The van der Waals surface area contributed by atoms with Crippen molar-refractivity contribution in [1.29, 1.82) is 0 Å². The summed E-state index contributed by atoms with van der Waals surface area (Å²) in [5, 5.41) is 8.30. The van der Waals surface area contributed by atoms with Crippen LogP contribution in [0.3, 0.4) is 0 Å². The predicted molar refractivity (Wildman–Crippen MR) is 72.7 cm³/mol. The molecule has 0 radical (unpaired) electrons. The Labute approximate surface area is 118 Å². The first-order chi connectivity index (χ1) is 9.63. The van der Waals surface area contributed by atoms with E-state index < -0.39 is 0 Å². The van der Waals surface area contributed by atoms with Crippen LogP contribution in [0.25, 0.3) is 0 Å². The van der Waals surface area contributed by atoms with E-state index in [0.29, 0.717) is 24.8 Å². The lowest BCUT2D eigenvalue weighted by atomic mass is 10.0. The topological polar surface area (TPSA) is 66.4 Å². The average Bonchev–Trinajstić information content (AvgIpc) is 2.44. The number of ketones is 1. The smallest absolute Gasteiger partial charge is 0.243 e. The summed E-state index contributed by atoms with van der Waals surface area (Å²) in [7, 11) is 0. The number of unbranched alkanes of at least 4 members (excludes halogenated alkanes) is 3. The second-order valence-electron chi connectivity index (χ2n) is 4.76. The van der Waals surface area contributed by atoms with E-state index in [0.717, 1.165) is 19.3 Å². The van der Waals surface area contributed by atoms with Crippen LogP contribution in [-0.4, -0.2) is 16.9 Å². The van der Waals surface area contributed by atoms with E-state index in [1.165, 1.54) is 6.07 Å². The second kappa shape index (κ2) is 9.20. The molecule has 0 saturated carbocycles. The van der Waals surface area contributed by atoms with Gasteiger partial charge in [0.2, 0.25) is 5.91 Å². The molecule has 1 aromatic rings. The molecule has 0 spiro atoms. The summed E-state index contributed by atoms with van der Waals surface area (Å²) in [6, 6.07) is 6.30. The zero-order valence-electron chi connectivity index (χ0n) is 11.4. The lowest BCUT2D eigenvalue weighted by Crippen LogP contribution is -2.17. The molecular formula is C15H20FNO3. The molecule has 5 heteroatoms. The van der Waals surface area contributed by atoms with Crippen LogP contribution in [0.4, 0.5) is 4.39 Å². The zero-order valence-corrected chi connectivity index (χ0v) is 11.4. The van der Waals surface area contributed by atoms with Crippen LogP contribution < -0.4 is 5.48 Å². The lowest BCUT2D eigenvalue weighted by molar-refractivity contribution is -0.129. The largest absolute Gasteiger partial charge is 0.299 e. The van der Waals surface area contributed by atoms with Gasteiger partial charge in [0.25, 0.3) is 0 Å². The fraction of sp³-hybridized carbons (Fsp3) is 0.467. The van der Waals surface area contributed by atoms with Crippen molar-refractivity contribution in [2.75, 3.05) is 0 Å². The highest BCUT2D eigenvalue weighted by molar-refractivity contribution is 5.80. The SMILES string of the molecule is O=C(CCCCCCC(=O)NO)Cc1ccccc1F. The number of amides is 1. The molecule has 0 aliphatic rings. The van der Waals surface area contributed by atoms with Gasteiger partial charge < -0.3 is 0 Å². The van der Waals surface area contributed by atoms with E-state index in [1.807, 2.05) is 0 Å². The lowest BCUT2D eigenvalue weighted by Gasteiger charge is -2.03. The Bertz CT molecular complexity index is 448. The third-order valence-electron chi connectivity index (χ3n) is 3.08. The minimum Gasteiger partial charge on any atom is -0.299 e. The van der Waals surface area contributed by atoms with Crippen LogP contribution in [-0.2, 0) is 16.0 Å². The first kappa shape index (κ1) is 16.3. The highest BCUT2D eigenvalue weighted by Gasteiger charge is 2.07. The Morgan fingerprint density at radius 1 is 1.05 bits per heavy atom. The van der Waals surface area contributed by atoms with Crippen LogP contribution in [0.5, 0.6) is 0 Å². The molecule has 1 rings (SSSR count). The van der Waals surface area contributed by atoms with E-state index in [2.05, 4.69) is 0 Å². The summed E-state index contributed by atoms with van der Waals surface area (Å²) >= 11 is 0. The second-order valence-corrected chi connectivity index (χ2v) is 4.76. The average molecular weight is 281 g/mol. The Morgan fingerprint density at radius 2 is 1.70 bits per heavy atom. The number of benzene rings is 1. The van der Waals surface area contributed by atoms with Crippen LogP contribution in [0.15, 0.2) is 24.3 Å². The standard InChI is InChI=1S/C15H20FNO3/c16-14-9-6-5-7-12(14)11-13(18)8-3-1-2-4-10-15(19)17-20/h5-7,9,20H,1-4,8,10-11H2,(H,17,19). The minimum atomic E-state index is -0.388. The summed E-state index contributed by atoms with van der Waals surface area (Å²) < 4.78 is 13.3. The van der Waals surface area contributed by atoms with E-state index >= 15 is 0 Å². The molecule has 0 heterocycles. The van der Waals surface area contributed by atoms with Crippen molar-refractivity contribution < 1.29 is 19.2 Å². The molecule has 0 saturated heterocycles. The third kappa shape index (κ3) is 6.43. The summed E-state index contributed by atoms with van der Waals surface area (Å²) in [5.74, 6) is -0.695. The van der Waals surface area contributed by atoms with Crippen LogP contribution >= 0.6 is 0 Å². The van der Waals surface area contributed by atoms with Crippen molar-refractivity contribution in [3.63, 3.8) is 0 Å². The molecule has 0 aliphatic heterocycles. The van der Waals surface area contributed by atoms with Crippen molar-refractivity contribution in [2.24, 2.45) is 0 Å². The molecule has 0 aromatic heterocycles. The van der Waals surface area contributed by atoms with Gasteiger partial charge >= 0.3 is 0 Å². The molecule has 1 amide bonds. The summed E-state index contributed by atoms with van der Waals surface area (Å²) in [6.45, 7) is 0. The van der Waals surface area contributed by atoms with Crippen LogP contribution in [0.2, 0.25) is 0 Å². The molecule has 20 heavy (non-hydrogen) atoms. The Balaban J connectivity index is 2.12. The molecule has 0 bridgehead atoms. The molecule has 0 unspecified atom stereocenters. The molecular weight excluding hydrogens is 261 g/mol. The number of carbonyl (C=O) groups excluding carboxylic acids is 2. The number of nitrogens with one attached hydrogen (secondary N) is 1. The van der Waals surface area contributed by atoms with E-state index in [9.17, 15) is 14.0 Å². The quantitative estimate of drug-likeness (QED) is 0.415. The molecule has 0 fully saturated rings. The van der Waals surface area contributed by atoms with Gasteiger partial charge in [0.1, 0.15) is 11.6 Å². The Hall–Kier alpha value is -1.75. The molecule has 0 atom stereocenters. The molecule has 4 nitrogen and oxygen atoms in total. The van der Waals surface area contributed by atoms with Gasteiger partial charge in [-0.1, -0.05) is 31.0 Å². The van der Waals surface area contributed by atoms with E-state index in [-0.39, 0.29) is 23.9 Å². The normalized spacial score (nSPS) is 10.3. The van der Waals surface area contributed by atoms with Crippen molar-refractivity contribution >= 4 is 11.7 Å². The number of Topliss-reactive ketones (excluding diaryl/α,β-unsaturated/α-hetero) is 1. The van der Waals surface area contributed by atoms with Crippen molar-refractivity contribution in [2.45, 2.75) is 44.9 Å². The number of hydroxylamine groups is 1. The molecule has 110 valence electrons. The summed E-state index contributed by atoms with van der Waals surface area (Å²) in [5.41, 5.74) is 2.02. The van der Waals surface area contributed by atoms with Crippen molar-refractivity contribution in [3.8, 4) is 0 Å². The monoisotopic (exact) mass is 281 g/mol. The maximum absolute atomic E-state index is 13.3. The van der Waals surface area contributed by atoms with Gasteiger partial charge in [0.05, 0.1) is 0 Å². The first-order valence-corrected chi connectivity index (χ1v) is 6.81. The van der Waals surface area contributed by atoms with Gasteiger partial charge in [-0.05, 0) is 24.5 Å². The molecule has 2 N–H and O–H groups in total. The third-order valence-corrected chi connectivity index (χ3v) is 3.08.